The molecule has 0 bridgehead atoms. The van der Waals surface area contributed by atoms with Gasteiger partial charge in [-0.25, -0.2) is 4.98 Å². The van der Waals surface area contributed by atoms with Gasteiger partial charge in [0, 0.05) is 11.1 Å². The summed E-state index contributed by atoms with van der Waals surface area (Å²) in [5, 5.41) is 3.20. The van der Waals surface area contributed by atoms with Crippen LogP contribution in [-0.2, 0) is 4.79 Å². The third-order valence-electron chi connectivity index (χ3n) is 3.50. The molecule has 0 atom stereocenters. The fraction of sp³-hybridized carbons (Fsp3) is 0.150. The molecule has 0 aliphatic rings. The first kappa shape index (κ1) is 17.8. The standard InChI is InChI=1S/C20H16N2O3S/c1-14(23)16-10-8-15(9-11-16)5-4-12-21-19(24)13-26-20-22-17-6-2-3-7-18(17)25-20/h2-3,6-11H,12-13H2,1H3,(H,21,24). The summed E-state index contributed by atoms with van der Waals surface area (Å²) in [5.41, 5.74) is 2.93. The first-order chi connectivity index (χ1) is 12.6. The van der Waals surface area contributed by atoms with Crippen LogP contribution in [0.15, 0.2) is 58.2 Å². The zero-order chi connectivity index (χ0) is 18.4. The molecule has 5 nitrogen and oxygen atoms in total. The lowest BCUT2D eigenvalue weighted by atomic mass is 10.1. The molecule has 0 aliphatic heterocycles. The molecule has 3 aromatic rings. The minimum absolute atomic E-state index is 0.0215. The molecular formula is C20H16N2O3S. The van der Waals surface area contributed by atoms with Crippen molar-refractivity contribution in [2.75, 3.05) is 12.3 Å². The van der Waals surface area contributed by atoms with Crippen molar-refractivity contribution < 1.29 is 14.0 Å². The van der Waals surface area contributed by atoms with Gasteiger partial charge in [-0.15, -0.1) is 0 Å². The van der Waals surface area contributed by atoms with Crippen molar-refractivity contribution in [2.24, 2.45) is 0 Å². The Balaban J connectivity index is 1.45. The van der Waals surface area contributed by atoms with Crippen LogP contribution in [0.5, 0.6) is 0 Å². The average Bonchev–Trinajstić information content (AvgIpc) is 3.07. The van der Waals surface area contributed by atoms with Gasteiger partial charge in [-0.3, -0.25) is 9.59 Å². The highest BCUT2D eigenvalue weighted by molar-refractivity contribution is 7.99. The van der Waals surface area contributed by atoms with Crippen LogP contribution >= 0.6 is 11.8 Å². The summed E-state index contributed by atoms with van der Waals surface area (Å²) < 4.78 is 5.55. The summed E-state index contributed by atoms with van der Waals surface area (Å²) in [5.74, 6) is 5.92. The van der Waals surface area contributed by atoms with E-state index < -0.39 is 0 Å². The zero-order valence-corrected chi connectivity index (χ0v) is 14.9. The number of amides is 1. The van der Waals surface area contributed by atoms with Gasteiger partial charge in [-0.05, 0) is 31.2 Å². The number of carbonyl (C=O) groups excluding carboxylic acids is 2. The molecule has 1 amide bonds. The fourth-order valence-corrected chi connectivity index (χ4v) is 2.84. The van der Waals surface area contributed by atoms with Crippen LogP contribution < -0.4 is 5.32 Å². The topological polar surface area (TPSA) is 72.2 Å². The van der Waals surface area contributed by atoms with Crippen molar-refractivity contribution >= 4 is 34.6 Å². The number of nitrogens with zero attached hydrogens (tertiary/aromatic N) is 1. The van der Waals surface area contributed by atoms with Crippen molar-refractivity contribution in [3.8, 4) is 11.8 Å². The quantitative estimate of drug-likeness (QED) is 0.427. The molecule has 0 spiro atoms. The predicted octanol–water partition coefficient (Wildman–Crippen LogP) is 3.29. The molecule has 130 valence electrons. The second-order valence-electron chi connectivity index (χ2n) is 5.45. The smallest absolute Gasteiger partial charge is 0.257 e. The maximum absolute atomic E-state index is 11.9. The number of hydrogen-bond donors (Lipinski definition) is 1. The predicted molar refractivity (Wildman–Crippen MR) is 101 cm³/mol. The van der Waals surface area contributed by atoms with Gasteiger partial charge in [0.05, 0.1) is 12.3 Å². The number of carbonyl (C=O) groups is 2. The molecule has 0 saturated heterocycles. The van der Waals surface area contributed by atoms with Gasteiger partial charge < -0.3 is 9.73 Å². The molecule has 1 N–H and O–H groups in total. The van der Waals surface area contributed by atoms with Crippen molar-refractivity contribution in [1.29, 1.82) is 0 Å². The Hall–Kier alpha value is -3.04. The number of hydrogen-bond acceptors (Lipinski definition) is 5. The Morgan fingerprint density at radius 1 is 1.15 bits per heavy atom. The average molecular weight is 364 g/mol. The highest BCUT2D eigenvalue weighted by Crippen LogP contribution is 2.22. The summed E-state index contributed by atoms with van der Waals surface area (Å²) >= 11 is 1.24. The molecule has 0 aliphatic carbocycles. The molecule has 1 aromatic heterocycles. The van der Waals surface area contributed by atoms with E-state index in [0.717, 1.165) is 11.1 Å². The molecule has 26 heavy (non-hydrogen) atoms. The number of nitrogens with one attached hydrogen (secondary N) is 1. The minimum Gasteiger partial charge on any atom is -0.431 e. The first-order valence-corrected chi connectivity index (χ1v) is 8.95. The van der Waals surface area contributed by atoms with Crippen LogP contribution in [0.1, 0.15) is 22.8 Å². The molecule has 0 fully saturated rings. The van der Waals surface area contributed by atoms with Crippen molar-refractivity contribution in [3.05, 3.63) is 59.7 Å². The van der Waals surface area contributed by atoms with E-state index >= 15 is 0 Å². The van der Waals surface area contributed by atoms with E-state index in [1.165, 1.54) is 18.7 Å². The van der Waals surface area contributed by atoms with E-state index in [1.54, 1.807) is 24.3 Å². The number of benzene rings is 2. The number of ketones is 1. The van der Waals surface area contributed by atoms with E-state index in [4.69, 9.17) is 4.42 Å². The van der Waals surface area contributed by atoms with Crippen LogP contribution in [0.4, 0.5) is 0 Å². The number of thioether (sulfide) groups is 1. The Labute approximate surface area is 155 Å². The maximum Gasteiger partial charge on any atom is 0.257 e. The number of fused-ring (bicyclic) bond motifs is 1. The summed E-state index contributed by atoms with van der Waals surface area (Å²) in [6.45, 7) is 1.77. The van der Waals surface area contributed by atoms with Gasteiger partial charge >= 0.3 is 0 Å². The van der Waals surface area contributed by atoms with Crippen LogP contribution in [0.25, 0.3) is 11.1 Å². The summed E-state index contributed by atoms with van der Waals surface area (Å²) in [4.78, 5) is 27.4. The molecule has 0 radical (unpaired) electrons. The Morgan fingerprint density at radius 3 is 2.65 bits per heavy atom. The lowest BCUT2D eigenvalue weighted by molar-refractivity contribution is -0.118. The van der Waals surface area contributed by atoms with Gasteiger partial charge in [-0.2, -0.15) is 0 Å². The Kier molecular flexibility index (Phi) is 5.72. The zero-order valence-electron chi connectivity index (χ0n) is 14.1. The highest BCUT2D eigenvalue weighted by Gasteiger charge is 2.08. The molecule has 1 heterocycles. The number of rotatable bonds is 5. The summed E-state index contributed by atoms with van der Waals surface area (Å²) in [6, 6.07) is 14.5. The lowest BCUT2D eigenvalue weighted by Crippen LogP contribution is -2.25. The van der Waals surface area contributed by atoms with Crippen LogP contribution in [0.2, 0.25) is 0 Å². The highest BCUT2D eigenvalue weighted by atomic mass is 32.2. The normalized spacial score (nSPS) is 10.2. The van der Waals surface area contributed by atoms with Gasteiger partial charge in [0.1, 0.15) is 5.52 Å². The Morgan fingerprint density at radius 2 is 1.92 bits per heavy atom. The third kappa shape index (κ3) is 4.74. The van der Waals surface area contributed by atoms with Gasteiger partial charge in [-0.1, -0.05) is 47.9 Å². The first-order valence-electron chi connectivity index (χ1n) is 7.97. The van der Waals surface area contributed by atoms with Crippen LogP contribution in [0.3, 0.4) is 0 Å². The molecule has 0 saturated carbocycles. The van der Waals surface area contributed by atoms with E-state index in [2.05, 4.69) is 22.1 Å². The van der Waals surface area contributed by atoms with Crippen molar-refractivity contribution in [3.63, 3.8) is 0 Å². The van der Waals surface area contributed by atoms with Crippen LogP contribution in [-0.4, -0.2) is 29.0 Å². The number of aromatic nitrogens is 1. The Bertz CT molecular complexity index is 964. The number of Topliss-reactive ketones (excluding diaryl/α,β-unsaturated/α-hetero) is 1. The van der Waals surface area contributed by atoms with E-state index in [-0.39, 0.29) is 24.0 Å². The minimum atomic E-state index is -0.140. The van der Waals surface area contributed by atoms with Crippen molar-refractivity contribution in [1.82, 2.24) is 10.3 Å². The second-order valence-corrected chi connectivity index (χ2v) is 6.37. The summed E-state index contributed by atoms with van der Waals surface area (Å²) in [6.07, 6.45) is 0. The van der Waals surface area contributed by atoms with Gasteiger partial charge in [0.2, 0.25) is 5.91 Å². The lowest BCUT2D eigenvalue weighted by Gasteiger charge is -1.98. The van der Waals surface area contributed by atoms with E-state index in [9.17, 15) is 9.59 Å². The molecular weight excluding hydrogens is 348 g/mol. The molecule has 6 heteroatoms. The van der Waals surface area contributed by atoms with Gasteiger partial charge in [0.25, 0.3) is 5.22 Å². The summed E-state index contributed by atoms with van der Waals surface area (Å²) in [7, 11) is 0. The SMILES string of the molecule is CC(=O)c1ccc(C#CCNC(=O)CSc2nc3ccccc3o2)cc1. The monoisotopic (exact) mass is 364 g/mol. The molecule has 3 rings (SSSR count). The fourth-order valence-electron chi connectivity index (χ4n) is 2.17. The van der Waals surface area contributed by atoms with Gasteiger partial charge in [0.15, 0.2) is 11.4 Å². The third-order valence-corrected chi connectivity index (χ3v) is 4.33. The van der Waals surface area contributed by atoms with E-state index in [0.29, 0.717) is 16.4 Å². The van der Waals surface area contributed by atoms with Crippen LogP contribution in [0, 0.1) is 11.8 Å². The number of oxazole rings is 1. The molecule has 0 unspecified atom stereocenters. The largest absolute Gasteiger partial charge is 0.431 e. The maximum atomic E-state index is 11.9. The van der Waals surface area contributed by atoms with Crippen molar-refractivity contribution in [2.45, 2.75) is 12.1 Å². The molecule has 2 aromatic carbocycles. The van der Waals surface area contributed by atoms with E-state index in [1.807, 2.05) is 24.3 Å². The number of para-hydroxylation sites is 2. The second kappa shape index (κ2) is 8.37.